The van der Waals surface area contributed by atoms with Gasteiger partial charge in [-0.15, -0.1) is 0 Å². The molecule has 30 heavy (non-hydrogen) atoms. The summed E-state index contributed by atoms with van der Waals surface area (Å²) in [6.07, 6.45) is 0. The van der Waals surface area contributed by atoms with E-state index in [2.05, 4.69) is 16.1 Å². The lowest BCUT2D eigenvalue weighted by Crippen LogP contribution is -2.15. The molecule has 0 aliphatic carbocycles. The topological polar surface area (TPSA) is 89.9 Å². The van der Waals surface area contributed by atoms with Gasteiger partial charge in [0.25, 0.3) is 0 Å². The fraction of sp³-hybridized carbons (Fsp3) is 0.280. The molecule has 1 heterocycles. The van der Waals surface area contributed by atoms with E-state index in [0.29, 0.717) is 11.7 Å². The number of furan rings is 1. The number of hydrogen-bond donors (Lipinski definition) is 2. The van der Waals surface area contributed by atoms with Crippen LogP contribution in [0.1, 0.15) is 44.4 Å². The van der Waals surface area contributed by atoms with Gasteiger partial charge in [0.2, 0.25) is 0 Å². The summed E-state index contributed by atoms with van der Waals surface area (Å²) in [5, 5.41) is 0. The van der Waals surface area contributed by atoms with Gasteiger partial charge in [-0.2, -0.15) is 0 Å². The maximum atomic E-state index is 6.19. The van der Waals surface area contributed by atoms with Crippen LogP contribution in [-0.2, 0) is 0 Å². The van der Waals surface area contributed by atoms with Gasteiger partial charge in [0.1, 0.15) is 23.2 Å². The monoisotopic (exact) mass is 402 g/mol. The van der Waals surface area contributed by atoms with Gasteiger partial charge in [0, 0.05) is 34.3 Å². The van der Waals surface area contributed by atoms with Gasteiger partial charge in [-0.3, -0.25) is 9.98 Å². The first-order chi connectivity index (χ1) is 14.2. The number of nitrogens with zero attached hydrogens (tertiary/aromatic N) is 2. The van der Waals surface area contributed by atoms with E-state index < -0.39 is 0 Å². The van der Waals surface area contributed by atoms with E-state index in [1.165, 1.54) is 0 Å². The second kappa shape index (κ2) is 8.99. The molecular weight excluding hydrogens is 372 g/mol. The summed E-state index contributed by atoms with van der Waals surface area (Å²) < 4.78 is 6.19. The number of aryl methyl sites for hydroxylation is 1. The fourth-order valence-electron chi connectivity index (χ4n) is 3.21. The van der Waals surface area contributed by atoms with Crippen LogP contribution in [0.4, 0.5) is 0 Å². The molecule has 0 spiro atoms. The standard InChI is InChI=1S/C25H30N4O/c1-15(2)28-24(26)20-10-6-18(7-11-20)22-14-17(5)23(30-22)19-8-12-21(13-9-19)25(27)29-16(3)4/h6-16H,1-5H3,(H2,26,28)(H2,27,29). The molecule has 0 aliphatic rings. The Hall–Kier alpha value is -3.34. The van der Waals surface area contributed by atoms with Crippen molar-refractivity contribution in [2.45, 2.75) is 46.7 Å². The summed E-state index contributed by atoms with van der Waals surface area (Å²) >= 11 is 0. The predicted octanol–water partition coefficient (Wildman–Crippen LogP) is 5.15. The van der Waals surface area contributed by atoms with Crippen LogP contribution in [-0.4, -0.2) is 23.8 Å². The minimum absolute atomic E-state index is 0.165. The lowest BCUT2D eigenvalue weighted by molar-refractivity contribution is 0.595. The lowest BCUT2D eigenvalue weighted by atomic mass is 10.1. The van der Waals surface area contributed by atoms with Crippen LogP contribution in [0.15, 0.2) is 69.0 Å². The molecule has 0 fully saturated rings. The second-order valence-corrected chi connectivity index (χ2v) is 7.99. The highest BCUT2D eigenvalue weighted by Crippen LogP contribution is 2.32. The summed E-state index contributed by atoms with van der Waals surface area (Å²) in [5.74, 6) is 2.77. The highest BCUT2D eigenvalue weighted by molar-refractivity contribution is 5.98. The minimum Gasteiger partial charge on any atom is -0.456 e. The Morgan fingerprint density at radius 1 is 0.733 bits per heavy atom. The third kappa shape index (κ3) is 4.98. The van der Waals surface area contributed by atoms with Crippen LogP contribution >= 0.6 is 0 Å². The van der Waals surface area contributed by atoms with Gasteiger partial charge in [-0.1, -0.05) is 48.5 Å². The zero-order valence-electron chi connectivity index (χ0n) is 18.3. The summed E-state index contributed by atoms with van der Waals surface area (Å²) in [6, 6.07) is 18.3. The highest BCUT2D eigenvalue weighted by Gasteiger charge is 2.12. The van der Waals surface area contributed by atoms with Crippen LogP contribution in [0.2, 0.25) is 0 Å². The fourth-order valence-corrected chi connectivity index (χ4v) is 3.21. The average Bonchev–Trinajstić information content (AvgIpc) is 3.09. The molecule has 0 saturated carbocycles. The van der Waals surface area contributed by atoms with E-state index in [4.69, 9.17) is 15.9 Å². The molecule has 5 nitrogen and oxygen atoms in total. The quantitative estimate of drug-likeness (QED) is 0.441. The smallest absolute Gasteiger partial charge is 0.137 e. The van der Waals surface area contributed by atoms with E-state index in [9.17, 15) is 0 Å². The maximum absolute atomic E-state index is 6.19. The number of nitrogens with two attached hydrogens (primary N) is 2. The molecule has 1 aromatic heterocycles. The van der Waals surface area contributed by atoms with Crippen LogP contribution in [0.25, 0.3) is 22.6 Å². The molecule has 2 aromatic carbocycles. The van der Waals surface area contributed by atoms with Crippen molar-refractivity contribution in [3.05, 3.63) is 71.3 Å². The zero-order valence-corrected chi connectivity index (χ0v) is 18.3. The Bertz CT molecular complexity index is 1060. The Kier molecular flexibility index (Phi) is 6.40. The minimum atomic E-state index is 0.165. The number of hydrogen-bond acceptors (Lipinski definition) is 3. The largest absolute Gasteiger partial charge is 0.456 e. The molecule has 0 atom stereocenters. The Labute approximate surface area is 178 Å². The SMILES string of the molecule is Cc1cc(-c2ccc(C(N)=NC(C)C)cc2)oc1-c1ccc(C(N)=NC(C)C)cc1. The average molecular weight is 403 g/mol. The van der Waals surface area contributed by atoms with Crippen molar-refractivity contribution in [2.24, 2.45) is 21.5 Å². The highest BCUT2D eigenvalue weighted by atomic mass is 16.3. The molecule has 0 amide bonds. The summed E-state index contributed by atoms with van der Waals surface area (Å²) in [5.41, 5.74) is 17.0. The van der Waals surface area contributed by atoms with Gasteiger partial charge in [0.05, 0.1) is 0 Å². The number of benzene rings is 2. The van der Waals surface area contributed by atoms with E-state index in [1.54, 1.807) is 0 Å². The molecule has 0 radical (unpaired) electrons. The summed E-state index contributed by atoms with van der Waals surface area (Å²) in [7, 11) is 0. The molecule has 0 unspecified atom stereocenters. The third-order valence-corrected chi connectivity index (χ3v) is 4.62. The number of aliphatic imine (C=N–C) groups is 2. The van der Waals surface area contributed by atoms with Crippen LogP contribution in [0.5, 0.6) is 0 Å². The normalized spacial score (nSPS) is 12.8. The summed E-state index contributed by atoms with van der Waals surface area (Å²) in [6.45, 7) is 10.1. The predicted molar refractivity (Wildman–Crippen MR) is 126 cm³/mol. The third-order valence-electron chi connectivity index (χ3n) is 4.62. The van der Waals surface area contributed by atoms with E-state index in [-0.39, 0.29) is 12.1 Å². The second-order valence-electron chi connectivity index (χ2n) is 7.99. The van der Waals surface area contributed by atoms with Crippen molar-refractivity contribution in [1.82, 2.24) is 0 Å². The van der Waals surface area contributed by atoms with Crippen LogP contribution in [0, 0.1) is 6.92 Å². The first-order valence-electron chi connectivity index (χ1n) is 10.2. The first-order valence-corrected chi connectivity index (χ1v) is 10.2. The Balaban J connectivity index is 1.85. The molecule has 4 N–H and O–H groups in total. The maximum Gasteiger partial charge on any atom is 0.137 e. The first kappa shape index (κ1) is 21.4. The molecule has 0 aliphatic heterocycles. The van der Waals surface area contributed by atoms with Gasteiger partial charge < -0.3 is 15.9 Å². The van der Waals surface area contributed by atoms with Crippen LogP contribution < -0.4 is 11.5 Å². The molecule has 0 bridgehead atoms. The van der Waals surface area contributed by atoms with Gasteiger partial charge >= 0.3 is 0 Å². The van der Waals surface area contributed by atoms with Crippen molar-refractivity contribution in [3.8, 4) is 22.6 Å². The molecule has 156 valence electrons. The lowest BCUT2D eigenvalue weighted by Gasteiger charge is -2.05. The number of amidine groups is 2. The van der Waals surface area contributed by atoms with Gasteiger partial charge in [0.15, 0.2) is 0 Å². The Morgan fingerprint density at radius 2 is 1.17 bits per heavy atom. The molecule has 5 heteroatoms. The van der Waals surface area contributed by atoms with E-state index in [1.807, 2.05) is 83.1 Å². The van der Waals surface area contributed by atoms with Crippen molar-refractivity contribution in [1.29, 1.82) is 0 Å². The summed E-state index contributed by atoms with van der Waals surface area (Å²) in [4.78, 5) is 8.80. The van der Waals surface area contributed by atoms with E-state index >= 15 is 0 Å². The molecule has 0 saturated heterocycles. The van der Waals surface area contributed by atoms with E-state index in [0.717, 1.165) is 39.3 Å². The zero-order chi connectivity index (χ0) is 21.8. The number of rotatable bonds is 6. The van der Waals surface area contributed by atoms with Gasteiger partial charge in [-0.05, 0) is 46.2 Å². The Morgan fingerprint density at radius 3 is 1.60 bits per heavy atom. The van der Waals surface area contributed by atoms with Crippen molar-refractivity contribution < 1.29 is 4.42 Å². The van der Waals surface area contributed by atoms with Crippen molar-refractivity contribution in [2.75, 3.05) is 0 Å². The molecule has 3 rings (SSSR count). The van der Waals surface area contributed by atoms with Gasteiger partial charge in [-0.25, -0.2) is 0 Å². The molecule has 3 aromatic rings. The van der Waals surface area contributed by atoms with Crippen LogP contribution in [0.3, 0.4) is 0 Å². The molecular formula is C25H30N4O. The van der Waals surface area contributed by atoms with Crippen molar-refractivity contribution >= 4 is 11.7 Å². The van der Waals surface area contributed by atoms with Crippen molar-refractivity contribution in [3.63, 3.8) is 0 Å².